The fraction of sp³-hybridized carbons (Fsp3) is 0.263. The molecule has 3 rings (SSSR count). The number of terminal acetylenes is 1. The minimum absolute atomic E-state index is 0.257. The number of aromatic nitrogens is 6. The van der Waals surface area contributed by atoms with Crippen molar-refractivity contribution in [3.05, 3.63) is 17.7 Å². The molecule has 0 saturated heterocycles. The minimum atomic E-state index is 0.257. The van der Waals surface area contributed by atoms with Crippen molar-refractivity contribution in [2.45, 2.75) is 15.3 Å². The quantitative estimate of drug-likeness (QED) is 0.215. The Morgan fingerprint density at radius 2 is 1.84 bits per heavy atom. The number of ether oxygens (including phenoxy) is 3. The molecule has 31 heavy (non-hydrogen) atoms. The fourth-order valence-corrected chi connectivity index (χ4v) is 3.96. The van der Waals surface area contributed by atoms with E-state index in [1.54, 1.807) is 19.2 Å². The number of rotatable bonds is 8. The molecule has 0 fully saturated rings. The van der Waals surface area contributed by atoms with Gasteiger partial charge in [0.25, 0.3) is 0 Å². The lowest BCUT2D eigenvalue weighted by Gasteiger charge is -2.15. The van der Waals surface area contributed by atoms with E-state index in [-0.39, 0.29) is 5.56 Å². The van der Waals surface area contributed by atoms with Gasteiger partial charge in [-0.05, 0) is 34.3 Å². The van der Waals surface area contributed by atoms with Crippen LogP contribution in [-0.2, 0) is 7.05 Å². The van der Waals surface area contributed by atoms with Crippen molar-refractivity contribution in [3.63, 3.8) is 0 Å². The molecule has 0 unspecified atom stereocenters. The van der Waals surface area contributed by atoms with Gasteiger partial charge in [-0.15, -0.1) is 11.5 Å². The molecule has 158 valence electrons. The zero-order valence-corrected chi connectivity index (χ0v) is 18.7. The van der Waals surface area contributed by atoms with E-state index in [4.69, 9.17) is 20.6 Å². The monoisotopic (exact) mass is 455 g/mol. The Kier molecular flexibility index (Phi) is 7.18. The summed E-state index contributed by atoms with van der Waals surface area (Å²) in [6.07, 6.45) is 5.40. The first-order chi connectivity index (χ1) is 15.1. The number of hydrogen-bond acceptors (Lipinski definition) is 11. The molecule has 0 aliphatic heterocycles. The van der Waals surface area contributed by atoms with Gasteiger partial charge >= 0.3 is 0 Å². The zero-order valence-electron chi connectivity index (χ0n) is 17.1. The first kappa shape index (κ1) is 22.2. The minimum Gasteiger partial charge on any atom is -0.493 e. The molecule has 0 atom stereocenters. The Morgan fingerprint density at radius 3 is 2.35 bits per heavy atom. The van der Waals surface area contributed by atoms with Crippen molar-refractivity contribution in [1.29, 1.82) is 5.26 Å². The second kappa shape index (κ2) is 10.0. The molecular formula is C19H17N7O3S2. The summed E-state index contributed by atoms with van der Waals surface area (Å²) in [4.78, 5) is 9.08. The Labute approximate surface area is 187 Å². The highest BCUT2D eigenvalue weighted by molar-refractivity contribution is 7.99. The number of thioether (sulfide) groups is 1. The first-order valence-corrected chi connectivity index (χ1v) is 10.4. The van der Waals surface area contributed by atoms with Gasteiger partial charge in [-0.1, -0.05) is 17.7 Å². The van der Waals surface area contributed by atoms with E-state index >= 15 is 0 Å². The van der Waals surface area contributed by atoms with E-state index in [2.05, 4.69) is 37.5 Å². The second-order valence-corrected chi connectivity index (χ2v) is 7.64. The molecule has 0 aliphatic carbocycles. The van der Waals surface area contributed by atoms with Gasteiger partial charge in [-0.3, -0.25) is 0 Å². The third-order valence-corrected chi connectivity index (χ3v) is 5.73. The van der Waals surface area contributed by atoms with Crippen LogP contribution in [0.15, 0.2) is 27.5 Å². The molecular weight excluding hydrogens is 438 g/mol. The van der Waals surface area contributed by atoms with Crippen LogP contribution in [-0.4, -0.2) is 57.3 Å². The molecule has 2 heterocycles. The van der Waals surface area contributed by atoms with Gasteiger partial charge < -0.3 is 14.2 Å². The van der Waals surface area contributed by atoms with E-state index in [0.717, 1.165) is 11.8 Å². The van der Waals surface area contributed by atoms with Crippen molar-refractivity contribution in [3.8, 4) is 46.9 Å². The van der Waals surface area contributed by atoms with Crippen molar-refractivity contribution < 1.29 is 14.2 Å². The highest BCUT2D eigenvalue weighted by atomic mass is 32.2. The van der Waals surface area contributed by atoms with Crippen molar-refractivity contribution in [2.24, 2.45) is 7.05 Å². The van der Waals surface area contributed by atoms with Crippen molar-refractivity contribution in [2.75, 3.05) is 27.1 Å². The molecule has 3 aromatic rings. The number of aryl methyl sites for hydroxylation is 1. The Bertz CT molecular complexity index is 1160. The van der Waals surface area contributed by atoms with Crippen molar-refractivity contribution >= 4 is 23.5 Å². The first-order valence-electron chi connectivity index (χ1n) is 8.65. The zero-order chi connectivity index (χ0) is 22.4. The van der Waals surface area contributed by atoms with Crippen LogP contribution in [0.1, 0.15) is 5.56 Å². The molecule has 2 aromatic heterocycles. The van der Waals surface area contributed by atoms with Gasteiger partial charge in [0, 0.05) is 12.6 Å². The van der Waals surface area contributed by atoms with Gasteiger partial charge in [0.1, 0.15) is 16.7 Å². The van der Waals surface area contributed by atoms with Crippen LogP contribution in [0.25, 0.3) is 11.3 Å². The Morgan fingerprint density at radius 1 is 1.13 bits per heavy atom. The number of nitrogens with zero attached hydrogens (tertiary/aromatic N) is 7. The normalized spacial score (nSPS) is 10.3. The molecule has 0 amide bonds. The van der Waals surface area contributed by atoms with Gasteiger partial charge in [0.05, 0.1) is 32.8 Å². The van der Waals surface area contributed by atoms with Crippen LogP contribution in [0.2, 0.25) is 0 Å². The number of tetrazole rings is 1. The summed E-state index contributed by atoms with van der Waals surface area (Å²) in [6, 6.07) is 5.64. The molecule has 0 aliphatic rings. The van der Waals surface area contributed by atoms with E-state index < -0.39 is 0 Å². The lowest BCUT2D eigenvalue weighted by molar-refractivity contribution is 0.324. The highest BCUT2D eigenvalue weighted by Crippen LogP contribution is 2.42. The predicted octanol–water partition coefficient (Wildman–Crippen LogP) is 2.44. The maximum atomic E-state index is 9.95. The molecule has 0 bridgehead atoms. The van der Waals surface area contributed by atoms with Gasteiger partial charge in [0.15, 0.2) is 16.7 Å². The fourth-order valence-electron chi connectivity index (χ4n) is 2.59. The number of nitriles is 1. The molecule has 0 radical (unpaired) electrons. The molecule has 0 saturated carbocycles. The average Bonchev–Trinajstić information content (AvgIpc) is 3.20. The third-order valence-electron chi connectivity index (χ3n) is 3.96. The van der Waals surface area contributed by atoms with Gasteiger partial charge in [-0.25, -0.2) is 14.6 Å². The lowest BCUT2D eigenvalue weighted by Crippen LogP contribution is -2.02. The van der Waals surface area contributed by atoms with Crippen LogP contribution in [0.4, 0.5) is 0 Å². The highest BCUT2D eigenvalue weighted by Gasteiger charge is 2.22. The number of benzene rings is 1. The molecule has 0 spiro atoms. The summed E-state index contributed by atoms with van der Waals surface area (Å²) in [5, 5.41) is 22.6. The summed E-state index contributed by atoms with van der Waals surface area (Å²) >= 11 is 2.44. The Hall–Kier alpha value is -3.48. The standard InChI is InChI=1S/C19H17N7O3S2/c1-6-7-30-18-21-15(11-8-13(27-3)16(29-5)14(9-11)28-4)12(10-20)17(22-18)31-19-23-24-25-26(19)2/h1,8-9H,7H2,2-5H3. The summed E-state index contributed by atoms with van der Waals surface area (Å²) in [6.45, 7) is 0. The molecule has 10 nitrogen and oxygen atoms in total. The summed E-state index contributed by atoms with van der Waals surface area (Å²) in [5.41, 5.74) is 1.25. The summed E-state index contributed by atoms with van der Waals surface area (Å²) in [5.74, 6) is 4.22. The van der Waals surface area contributed by atoms with Crippen LogP contribution >= 0.6 is 23.5 Å². The maximum Gasteiger partial charge on any atom is 0.215 e. The van der Waals surface area contributed by atoms with E-state index in [1.165, 1.54) is 37.8 Å². The Balaban J connectivity index is 2.23. The maximum absolute atomic E-state index is 9.95. The summed E-state index contributed by atoms with van der Waals surface area (Å²) in [7, 11) is 6.25. The topological polar surface area (TPSA) is 121 Å². The largest absolute Gasteiger partial charge is 0.493 e. The van der Waals surface area contributed by atoms with Crippen LogP contribution in [0, 0.1) is 23.7 Å². The van der Waals surface area contributed by atoms with Crippen LogP contribution in [0.5, 0.6) is 17.2 Å². The predicted molar refractivity (Wildman–Crippen MR) is 114 cm³/mol. The van der Waals surface area contributed by atoms with E-state index in [0.29, 0.717) is 49.6 Å². The molecule has 0 N–H and O–H groups in total. The van der Waals surface area contributed by atoms with Gasteiger partial charge in [-0.2, -0.15) is 5.26 Å². The number of methoxy groups -OCH3 is 3. The number of hydrogen-bond donors (Lipinski definition) is 0. The average molecular weight is 456 g/mol. The van der Waals surface area contributed by atoms with E-state index in [1.807, 2.05) is 0 Å². The molecule has 1 aromatic carbocycles. The molecule has 12 heteroatoms. The summed E-state index contributed by atoms with van der Waals surface area (Å²) < 4.78 is 17.8. The second-order valence-electron chi connectivity index (χ2n) is 5.74. The lowest BCUT2D eigenvalue weighted by atomic mass is 10.1. The third kappa shape index (κ3) is 4.66. The van der Waals surface area contributed by atoms with E-state index in [9.17, 15) is 5.26 Å². The van der Waals surface area contributed by atoms with Crippen LogP contribution < -0.4 is 14.2 Å². The SMILES string of the molecule is C#CCSc1nc(Sc2nnnn2C)c(C#N)c(-c2cc(OC)c(OC)c(OC)c2)n1. The van der Waals surface area contributed by atoms with Crippen LogP contribution in [0.3, 0.4) is 0 Å². The van der Waals surface area contributed by atoms with Gasteiger partial charge in [0.2, 0.25) is 10.9 Å². The van der Waals surface area contributed by atoms with Crippen molar-refractivity contribution in [1.82, 2.24) is 30.2 Å². The smallest absolute Gasteiger partial charge is 0.215 e.